The first-order valence-corrected chi connectivity index (χ1v) is 4.56. The molecule has 2 aliphatic rings. The number of hydrogen-bond donors (Lipinski definition) is 0. The number of ketones is 2. The average molecular weight is 177 g/mol. The number of nitriles is 1. The summed E-state index contributed by atoms with van der Waals surface area (Å²) in [4.78, 5) is 23.1. The molecular weight excluding hydrogens is 166 g/mol. The van der Waals surface area contributed by atoms with E-state index in [0.29, 0.717) is 12.8 Å². The van der Waals surface area contributed by atoms with Gasteiger partial charge < -0.3 is 0 Å². The molecule has 0 saturated heterocycles. The van der Waals surface area contributed by atoms with Crippen LogP contribution in [0, 0.1) is 28.6 Å². The number of carbonyl (C=O) groups is 2. The Labute approximate surface area is 76.7 Å². The van der Waals surface area contributed by atoms with Crippen LogP contribution < -0.4 is 0 Å². The van der Waals surface area contributed by atoms with E-state index in [1.54, 1.807) is 0 Å². The smallest absolute Gasteiger partial charge is 0.153 e. The van der Waals surface area contributed by atoms with Gasteiger partial charge in [0.2, 0.25) is 0 Å². The number of nitrogens with zero attached hydrogens (tertiary/aromatic N) is 1. The zero-order valence-corrected chi connectivity index (χ0v) is 7.54. The van der Waals surface area contributed by atoms with Gasteiger partial charge in [0.25, 0.3) is 0 Å². The monoisotopic (exact) mass is 177 g/mol. The van der Waals surface area contributed by atoms with Crippen LogP contribution in [-0.2, 0) is 9.59 Å². The molecule has 2 aliphatic carbocycles. The molecule has 0 heterocycles. The lowest BCUT2D eigenvalue weighted by Crippen LogP contribution is -2.33. The van der Waals surface area contributed by atoms with Gasteiger partial charge in [0.15, 0.2) is 5.78 Å². The van der Waals surface area contributed by atoms with Crippen molar-refractivity contribution in [1.29, 1.82) is 5.26 Å². The summed E-state index contributed by atoms with van der Waals surface area (Å²) >= 11 is 0. The summed E-state index contributed by atoms with van der Waals surface area (Å²) < 4.78 is 0. The molecule has 3 heteroatoms. The van der Waals surface area contributed by atoms with Crippen molar-refractivity contribution in [3.8, 4) is 6.07 Å². The molecule has 0 spiro atoms. The van der Waals surface area contributed by atoms with E-state index in [4.69, 9.17) is 5.26 Å². The molecule has 0 radical (unpaired) electrons. The number of hydrogen-bond acceptors (Lipinski definition) is 3. The third-order valence-corrected chi connectivity index (χ3v) is 3.40. The highest BCUT2D eigenvalue weighted by Crippen LogP contribution is 2.49. The van der Waals surface area contributed by atoms with E-state index in [0.717, 1.165) is 0 Å². The summed E-state index contributed by atoms with van der Waals surface area (Å²) in [6.07, 6.45) is 1.05. The third kappa shape index (κ3) is 0.949. The van der Waals surface area contributed by atoms with Gasteiger partial charge in [-0.15, -0.1) is 0 Å². The third-order valence-electron chi connectivity index (χ3n) is 3.40. The lowest BCUT2D eigenvalue weighted by molar-refractivity contribution is -0.128. The summed E-state index contributed by atoms with van der Waals surface area (Å²) in [5, 5.41) is 8.92. The highest BCUT2D eigenvalue weighted by molar-refractivity contribution is 6.00. The summed E-state index contributed by atoms with van der Waals surface area (Å²) in [6, 6.07) is 2.04. The Morgan fingerprint density at radius 1 is 1.54 bits per heavy atom. The molecule has 0 N–H and O–H groups in total. The van der Waals surface area contributed by atoms with Crippen LogP contribution >= 0.6 is 0 Å². The predicted octanol–water partition coefficient (Wildman–Crippen LogP) is 1.08. The fourth-order valence-corrected chi connectivity index (χ4v) is 2.50. The Hall–Kier alpha value is -1.17. The average Bonchev–Trinajstić information content (AvgIpc) is 2.39. The van der Waals surface area contributed by atoms with Gasteiger partial charge in [-0.25, -0.2) is 0 Å². The molecule has 13 heavy (non-hydrogen) atoms. The second-order valence-electron chi connectivity index (χ2n) is 4.25. The number of Topliss-reactive ketones (excluding diaryl/α,β-unsaturated/α-hetero) is 2. The maximum Gasteiger partial charge on any atom is 0.153 e. The SMILES string of the molecule is C[C@@H]1CC(=O)[C@]2(C#N)CC(=O)C1C2. The first-order valence-electron chi connectivity index (χ1n) is 4.56. The molecule has 2 rings (SSSR count). The molecule has 68 valence electrons. The van der Waals surface area contributed by atoms with Crippen LogP contribution in [-0.4, -0.2) is 11.6 Å². The van der Waals surface area contributed by atoms with Crippen molar-refractivity contribution < 1.29 is 9.59 Å². The van der Waals surface area contributed by atoms with Gasteiger partial charge in [0.1, 0.15) is 11.2 Å². The van der Waals surface area contributed by atoms with Crippen LogP contribution in [0.2, 0.25) is 0 Å². The quantitative estimate of drug-likeness (QED) is 0.556. The second-order valence-corrected chi connectivity index (χ2v) is 4.25. The summed E-state index contributed by atoms with van der Waals surface area (Å²) in [7, 11) is 0. The first-order chi connectivity index (χ1) is 6.09. The minimum Gasteiger partial charge on any atom is -0.299 e. The van der Waals surface area contributed by atoms with Gasteiger partial charge in [0.05, 0.1) is 6.07 Å². The zero-order chi connectivity index (χ0) is 9.64. The molecule has 0 aromatic rings. The van der Waals surface area contributed by atoms with Crippen LogP contribution in [0.1, 0.15) is 26.2 Å². The molecule has 1 unspecified atom stereocenters. The van der Waals surface area contributed by atoms with E-state index < -0.39 is 5.41 Å². The summed E-state index contributed by atoms with van der Waals surface area (Å²) in [6.45, 7) is 1.92. The van der Waals surface area contributed by atoms with E-state index in [9.17, 15) is 9.59 Å². The normalized spacial score (nSPS) is 43.4. The van der Waals surface area contributed by atoms with Crippen molar-refractivity contribution in [3.05, 3.63) is 0 Å². The minimum absolute atomic E-state index is 0.0235. The number of fused-ring (bicyclic) bond motifs is 2. The summed E-state index contributed by atoms with van der Waals surface area (Å²) in [5.41, 5.74) is -0.936. The Balaban J connectivity index is 2.41. The molecule has 2 bridgehead atoms. The van der Waals surface area contributed by atoms with Crippen molar-refractivity contribution in [2.24, 2.45) is 17.3 Å². The Morgan fingerprint density at radius 3 is 2.85 bits per heavy atom. The van der Waals surface area contributed by atoms with Crippen molar-refractivity contribution in [2.75, 3.05) is 0 Å². The Morgan fingerprint density at radius 2 is 2.23 bits per heavy atom. The Kier molecular flexibility index (Phi) is 1.56. The fraction of sp³-hybridized carbons (Fsp3) is 0.700. The molecule has 3 nitrogen and oxygen atoms in total. The van der Waals surface area contributed by atoms with E-state index in [1.807, 2.05) is 13.0 Å². The minimum atomic E-state index is -0.936. The van der Waals surface area contributed by atoms with Crippen LogP contribution in [0.3, 0.4) is 0 Å². The van der Waals surface area contributed by atoms with Gasteiger partial charge in [-0.3, -0.25) is 9.59 Å². The van der Waals surface area contributed by atoms with E-state index >= 15 is 0 Å². The standard InChI is InChI=1S/C10H11NO2/c1-6-2-9(13)10(5-11)3-7(6)8(12)4-10/h6-7H,2-4H2,1H3/t6-,7?,10+/m1/s1. The first kappa shape index (κ1) is 8.43. The topological polar surface area (TPSA) is 57.9 Å². The van der Waals surface area contributed by atoms with Gasteiger partial charge >= 0.3 is 0 Å². The van der Waals surface area contributed by atoms with Crippen LogP contribution in [0.4, 0.5) is 0 Å². The largest absolute Gasteiger partial charge is 0.299 e. The highest BCUT2D eigenvalue weighted by Gasteiger charge is 2.55. The highest BCUT2D eigenvalue weighted by atomic mass is 16.1. The maximum atomic E-state index is 11.6. The van der Waals surface area contributed by atoms with Crippen LogP contribution in [0.15, 0.2) is 0 Å². The molecule has 0 aromatic heterocycles. The zero-order valence-electron chi connectivity index (χ0n) is 7.54. The number of rotatable bonds is 0. The van der Waals surface area contributed by atoms with Crippen molar-refractivity contribution in [1.82, 2.24) is 0 Å². The van der Waals surface area contributed by atoms with Gasteiger partial charge in [-0.1, -0.05) is 6.92 Å². The van der Waals surface area contributed by atoms with E-state index in [2.05, 4.69) is 0 Å². The van der Waals surface area contributed by atoms with Crippen molar-refractivity contribution in [3.63, 3.8) is 0 Å². The fourth-order valence-electron chi connectivity index (χ4n) is 2.50. The predicted molar refractivity (Wildman–Crippen MR) is 44.6 cm³/mol. The van der Waals surface area contributed by atoms with Crippen molar-refractivity contribution in [2.45, 2.75) is 26.2 Å². The van der Waals surface area contributed by atoms with E-state index in [-0.39, 0.29) is 29.8 Å². The summed E-state index contributed by atoms with van der Waals surface area (Å²) in [5.74, 6) is 0.200. The molecule has 0 aromatic carbocycles. The van der Waals surface area contributed by atoms with Gasteiger partial charge in [-0.05, 0) is 12.3 Å². The lowest BCUT2D eigenvalue weighted by atomic mass is 9.72. The molecular formula is C10H11NO2. The molecule has 3 atom stereocenters. The van der Waals surface area contributed by atoms with Gasteiger partial charge in [-0.2, -0.15) is 5.26 Å². The molecule has 0 aliphatic heterocycles. The second kappa shape index (κ2) is 2.41. The molecule has 2 fully saturated rings. The van der Waals surface area contributed by atoms with Gasteiger partial charge in [0, 0.05) is 18.8 Å². The van der Waals surface area contributed by atoms with E-state index in [1.165, 1.54) is 0 Å². The maximum absolute atomic E-state index is 11.6. The van der Waals surface area contributed by atoms with Crippen LogP contribution in [0.5, 0.6) is 0 Å². The van der Waals surface area contributed by atoms with Crippen LogP contribution in [0.25, 0.3) is 0 Å². The Bertz CT molecular complexity index is 328. The lowest BCUT2D eigenvalue weighted by Gasteiger charge is -2.27. The number of carbonyl (C=O) groups excluding carboxylic acids is 2. The molecule has 2 saturated carbocycles. The van der Waals surface area contributed by atoms with Crippen molar-refractivity contribution >= 4 is 11.6 Å². The molecule has 0 amide bonds.